The van der Waals surface area contributed by atoms with Crippen molar-refractivity contribution >= 4 is 33.8 Å². The van der Waals surface area contributed by atoms with Gasteiger partial charge in [-0.25, -0.2) is 0 Å². The first-order chi connectivity index (χ1) is 16.6. The van der Waals surface area contributed by atoms with E-state index in [-0.39, 0.29) is 23.8 Å². The van der Waals surface area contributed by atoms with Crippen LogP contribution in [0.4, 0.5) is 10.7 Å². The molecule has 0 aliphatic heterocycles. The standard InChI is InChI=1S/C29H34N2O3S/c1-18-11-14-23(19(2)15-18)30-27(33)26-22-13-12-20(29(3,4)5)16-24(22)35-28(26)31-25(32)17-34-21-9-7-6-8-10-21/h6-11,14-15,20H,12-13,16-17H2,1-5H3,(H,30,33)(H,31,32). The molecule has 3 aromatic rings. The topological polar surface area (TPSA) is 67.4 Å². The highest BCUT2D eigenvalue weighted by Gasteiger charge is 2.34. The first-order valence-corrected chi connectivity index (χ1v) is 12.9. The fourth-order valence-corrected chi connectivity index (χ4v) is 5.96. The maximum Gasteiger partial charge on any atom is 0.262 e. The van der Waals surface area contributed by atoms with E-state index in [1.807, 2.05) is 56.3 Å². The average Bonchev–Trinajstić information content (AvgIpc) is 3.16. The second-order valence-corrected chi connectivity index (χ2v) is 11.5. The summed E-state index contributed by atoms with van der Waals surface area (Å²) in [5.74, 6) is 0.714. The molecule has 0 saturated heterocycles. The van der Waals surface area contributed by atoms with Crippen molar-refractivity contribution in [2.45, 2.75) is 53.9 Å². The van der Waals surface area contributed by atoms with Crippen LogP contribution in [0.3, 0.4) is 0 Å². The molecule has 1 aliphatic carbocycles. The normalized spacial score (nSPS) is 15.3. The zero-order valence-corrected chi connectivity index (χ0v) is 22.0. The summed E-state index contributed by atoms with van der Waals surface area (Å²) in [6.45, 7) is 10.7. The van der Waals surface area contributed by atoms with Crippen molar-refractivity contribution in [1.82, 2.24) is 0 Å². The molecule has 0 fully saturated rings. The summed E-state index contributed by atoms with van der Waals surface area (Å²) in [6.07, 6.45) is 2.78. The van der Waals surface area contributed by atoms with Crippen molar-refractivity contribution in [3.8, 4) is 5.75 Å². The lowest BCUT2D eigenvalue weighted by molar-refractivity contribution is -0.118. The summed E-state index contributed by atoms with van der Waals surface area (Å²) < 4.78 is 5.62. The number of fused-ring (bicyclic) bond motifs is 1. The van der Waals surface area contributed by atoms with Gasteiger partial charge in [-0.05, 0) is 73.8 Å². The molecule has 1 aliphatic rings. The van der Waals surface area contributed by atoms with Crippen LogP contribution in [0.2, 0.25) is 0 Å². The zero-order valence-electron chi connectivity index (χ0n) is 21.2. The highest BCUT2D eigenvalue weighted by molar-refractivity contribution is 7.17. The number of thiophene rings is 1. The van der Waals surface area contributed by atoms with Gasteiger partial charge in [-0.3, -0.25) is 9.59 Å². The smallest absolute Gasteiger partial charge is 0.262 e. The molecule has 1 unspecified atom stereocenters. The number of amides is 2. The van der Waals surface area contributed by atoms with E-state index in [4.69, 9.17) is 4.74 Å². The van der Waals surface area contributed by atoms with Crippen LogP contribution in [0.15, 0.2) is 48.5 Å². The van der Waals surface area contributed by atoms with Crippen molar-refractivity contribution < 1.29 is 14.3 Å². The summed E-state index contributed by atoms with van der Waals surface area (Å²) in [4.78, 5) is 27.5. The predicted octanol–water partition coefficient (Wildman–Crippen LogP) is 6.79. The fraction of sp³-hybridized carbons (Fsp3) is 0.379. The summed E-state index contributed by atoms with van der Waals surface area (Å²) in [5.41, 5.74) is 4.79. The SMILES string of the molecule is Cc1ccc(NC(=O)c2c(NC(=O)COc3ccccc3)sc3c2CCC(C(C)(C)C)C3)c(C)c1. The van der Waals surface area contributed by atoms with Crippen LogP contribution in [0.5, 0.6) is 5.75 Å². The number of ether oxygens (including phenoxy) is 1. The van der Waals surface area contributed by atoms with E-state index in [0.29, 0.717) is 22.2 Å². The van der Waals surface area contributed by atoms with E-state index < -0.39 is 0 Å². The number of hydrogen-bond acceptors (Lipinski definition) is 4. The minimum Gasteiger partial charge on any atom is -0.484 e. The first-order valence-electron chi connectivity index (χ1n) is 12.1. The van der Waals surface area contributed by atoms with Crippen LogP contribution in [-0.2, 0) is 17.6 Å². The Hall–Kier alpha value is -3.12. The molecular formula is C29H34N2O3S. The Morgan fingerprint density at radius 1 is 1.06 bits per heavy atom. The van der Waals surface area contributed by atoms with Gasteiger partial charge >= 0.3 is 0 Å². The number of aryl methyl sites for hydroxylation is 2. The first kappa shape index (κ1) is 25.0. The Bertz CT molecular complexity index is 1220. The molecule has 1 atom stereocenters. The van der Waals surface area contributed by atoms with Gasteiger partial charge in [0.25, 0.3) is 11.8 Å². The summed E-state index contributed by atoms with van der Waals surface area (Å²) in [6, 6.07) is 15.2. The van der Waals surface area contributed by atoms with Crippen molar-refractivity contribution in [2.24, 2.45) is 11.3 Å². The molecular weight excluding hydrogens is 456 g/mol. The van der Waals surface area contributed by atoms with E-state index in [0.717, 1.165) is 41.6 Å². The lowest BCUT2D eigenvalue weighted by Gasteiger charge is -2.33. The van der Waals surface area contributed by atoms with Crippen molar-refractivity contribution in [1.29, 1.82) is 0 Å². The molecule has 0 saturated carbocycles. The van der Waals surface area contributed by atoms with Gasteiger partial charge in [0.1, 0.15) is 10.8 Å². The predicted molar refractivity (Wildman–Crippen MR) is 144 cm³/mol. The van der Waals surface area contributed by atoms with Crippen molar-refractivity contribution in [3.63, 3.8) is 0 Å². The Morgan fingerprint density at radius 3 is 2.49 bits per heavy atom. The molecule has 1 heterocycles. The highest BCUT2D eigenvalue weighted by atomic mass is 32.1. The van der Waals surface area contributed by atoms with Crippen LogP contribution in [0.25, 0.3) is 0 Å². The van der Waals surface area contributed by atoms with E-state index in [1.165, 1.54) is 16.2 Å². The summed E-state index contributed by atoms with van der Waals surface area (Å²) in [7, 11) is 0. The number of benzene rings is 2. The molecule has 184 valence electrons. The quantitative estimate of drug-likeness (QED) is 0.400. The minimum atomic E-state index is -0.277. The number of anilines is 2. The molecule has 2 N–H and O–H groups in total. The molecule has 35 heavy (non-hydrogen) atoms. The van der Waals surface area contributed by atoms with Crippen LogP contribution in [0, 0.1) is 25.2 Å². The van der Waals surface area contributed by atoms with Gasteiger partial charge in [-0.1, -0.05) is 56.7 Å². The highest BCUT2D eigenvalue weighted by Crippen LogP contribution is 2.44. The van der Waals surface area contributed by atoms with Crippen LogP contribution in [-0.4, -0.2) is 18.4 Å². The number of carbonyl (C=O) groups excluding carboxylic acids is 2. The van der Waals surface area contributed by atoms with Gasteiger partial charge in [-0.2, -0.15) is 0 Å². The van der Waals surface area contributed by atoms with E-state index in [9.17, 15) is 9.59 Å². The molecule has 2 amide bonds. The summed E-state index contributed by atoms with van der Waals surface area (Å²) in [5, 5.41) is 6.67. The Labute approximate surface area is 211 Å². The lowest BCUT2D eigenvalue weighted by Crippen LogP contribution is -2.27. The van der Waals surface area contributed by atoms with E-state index in [1.54, 1.807) is 0 Å². The second kappa shape index (κ2) is 10.2. The second-order valence-electron chi connectivity index (χ2n) is 10.4. The molecule has 0 radical (unpaired) electrons. The average molecular weight is 491 g/mol. The van der Waals surface area contributed by atoms with Gasteiger partial charge in [0.2, 0.25) is 0 Å². The maximum absolute atomic E-state index is 13.6. The molecule has 0 spiro atoms. The third kappa shape index (κ3) is 5.93. The molecule has 2 aromatic carbocycles. The zero-order chi connectivity index (χ0) is 25.2. The Kier molecular flexibility index (Phi) is 7.31. The van der Waals surface area contributed by atoms with Gasteiger partial charge < -0.3 is 15.4 Å². The van der Waals surface area contributed by atoms with Crippen molar-refractivity contribution in [2.75, 3.05) is 17.2 Å². The molecule has 1 aromatic heterocycles. The van der Waals surface area contributed by atoms with E-state index >= 15 is 0 Å². The molecule has 6 heteroatoms. The Morgan fingerprint density at radius 2 is 1.80 bits per heavy atom. The number of rotatable bonds is 6. The van der Waals surface area contributed by atoms with Gasteiger partial charge in [0.05, 0.1) is 5.56 Å². The van der Waals surface area contributed by atoms with Gasteiger partial charge in [0, 0.05) is 10.6 Å². The molecule has 4 rings (SSSR count). The maximum atomic E-state index is 13.6. The molecule has 5 nitrogen and oxygen atoms in total. The summed E-state index contributed by atoms with van der Waals surface area (Å²) >= 11 is 1.53. The molecule has 0 bridgehead atoms. The Balaban J connectivity index is 1.59. The lowest BCUT2D eigenvalue weighted by atomic mass is 9.72. The monoisotopic (exact) mass is 490 g/mol. The largest absolute Gasteiger partial charge is 0.484 e. The minimum absolute atomic E-state index is 0.116. The van der Waals surface area contributed by atoms with Crippen LogP contribution < -0.4 is 15.4 Å². The number of carbonyl (C=O) groups is 2. The van der Waals surface area contributed by atoms with Crippen LogP contribution in [0.1, 0.15) is 59.1 Å². The van der Waals surface area contributed by atoms with Gasteiger partial charge in [-0.15, -0.1) is 11.3 Å². The van der Waals surface area contributed by atoms with E-state index in [2.05, 4.69) is 37.5 Å². The number of para-hydroxylation sites is 1. The van der Waals surface area contributed by atoms with Crippen LogP contribution >= 0.6 is 11.3 Å². The fourth-order valence-electron chi connectivity index (χ4n) is 4.62. The number of nitrogens with one attached hydrogen (secondary N) is 2. The number of hydrogen-bond donors (Lipinski definition) is 2. The third-order valence-corrected chi connectivity index (χ3v) is 7.88. The van der Waals surface area contributed by atoms with Gasteiger partial charge in [0.15, 0.2) is 6.61 Å². The third-order valence-electron chi connectivity index (χ3n) is 6.71. The van der Waals surface area contributed by atoms with Crippen molar-refractivity contribution in [3.05, 3.63) is 75.7 Å².